The van der Waals surface area contributed by atoms with E-state index < -0.39 is 0 Å². The van der Waals surface area contributed by atoms with Crippen LogP contribution in [0.5, 0.6) is 0 Å². The topological polar surface area (TPSA) is 49.6 Å². The molecule has 0 spiro atoms. The van der Waals surface area contributed by atoms with Crippen LogP contribution in [0, 0.1) is 0 Å². The molecule has 0 saturated heterocycles. The normalized spacial score (nSPS) is 16.5. The lowest BCUT2D eigenvalue weighted by molar-refractivity contribution is 0.408. The summed E-state index contributed by atoms with van der Waals surface area (Å²) in [6, 6.07) is 58.9. The fourth-order valence-corrected chi connectivity index (χ4v) is 9.07. The quantitative estimate of drug-likeness (QED) is 0.183. The van der Waals surface area contributed by atoms with Crippen LogP contribution in [0.3, 0.4) is 0 Å². The van der Waals surface area contributed by atoms with Crippen LogP contribution in [0.15, 0.2) is 173 Å². The molecule has 12 rings (SSSR count). The van der Waals surface area contributed by atoms with E-state index in [0.717, 1.165) is 39.1 Å². The van der Waals surface area contributed by atoms with Crippen LogP contribution < -0.4 is 10.6 Å². The summed E-state index contributed by atoms with van der Waals surface area (Å²) in [5, 5.41) is 19.8. The second-order valence-electron chi connectivity index (χ2n) is 14.3. The van der Waals surface area contributed by atoms with Crippen molar-refractivity contribution in [2.75, 3.05) is 0 Å². The van der Waals surface area contributed by atoms with Crippen LogP contribution in [0.2, 0.25) is 0 Å². The third-order valence-electron chi connectivity index (χ3n) is 11.4. The Hall–Kier alpha value is -6.75. The molecule has 2 heterocycles. The van der Waals surface area contributed by atoms with Gasteiger partial charge in [-0.1, -0.05) is 146 Å². The minimum Gasteiger partial charge on any atom is -0.456 e. The summed E-state index contributed by atoms with van der Waals surface area (Å²) in [6.45, 7) is 0. The van der Waals surface area contributed by atoms with Gasteiger partial charge in [-0.25, -0.2) is 4.99 Å². The van der Waals surface area contributed by atoms with Crippen LogP contribution in [-0.4, -0.2) is 5.84 Å². The Morgan fingerprint density at radius 3 is 2.08 bits per heavy atom. The zero-order chi connectivity index (χ0) is 34.6. The number of amidine groups is 1. The molecule has 1 aliphatic carbocycles. The van der Waals surface area contributed by atoms with Crippen LogP contribution in [0.1, 0.15) is 29.0 Å². The van der Waals surface area contributed by atoms with E-state index in [4.69, 9.17) is 9.41 Å². The Labute approximate surface area is 305 Å². The molecule has 10 aromatic rings. The molecule has 0 bridgehead atoms. The highest BCUT2D eigenvalue weighted by Gasteiger charge is 2.31. The molecule has 2 unspecified atom stereocenters. The molecular weight excluding hydrogens is 647 g/mol. The lowest BCUT2D eigenvalue weighted by atomic mass is 9.95. The van der Waals surface area contributed by atoms with Crippen LogP contribution in [0.4, 0.5) is 0 Å². The predicted molar refractivity (Wildman–Crippen MR) is 219 cm³/mol. The lowest BCUT2D eigenvalue weighted by Gasteiger charge is -2.32. The minimum atomic E-state index is -0.305. The van der Waals surface area contributed by atoms with Gasteiger partial charge in [0.25, 0.3) is 0 Å². The van der Waals surface area contributed by atoms with Crippen molar-refractivity contribution in [3.63, 3.8) is 0 Å². The van der Waals surface area contributed by atoms with Gasteiger partial charge in [0.15, 0.2) is 0 Å². The molecule has 0 saturated carbocycles. The second-order valence-corrected chi connectivity index (χ2v) is 14.3. The first-order valence-electron chi connectivity index (χ1n) is 18.3. The number of benzene rings is 9. The molecule has 1 aliphatic heterocycles. The first-order chi connectivity index (χ1) is 26.3. The molecule has 0 radical (unpaired) electrons. The molecule has 4 nitrogen and oxygen atoms in total. The highest BCUT2D eigenvalue weighted by molar-refractivity contribution is 6.28. The summed E-state index contributed by atoms with van der Waals surface area (Å²) >= 11 is 0. The molecule has 248 valence electrons. The van der Waals surface area contributed by atoms with E-state index in [1.807, 2.05) is 0 Å². The number of para-hydroxylation sites is 1. The van der Waals surface area contributed by atoms with Gasteiger partial charge in [-0.15, -0.1) is 0 Å². The van der Waals surface area contributed by atoms with Gasteiger partial charge in [0.1, 0.15) is 29.3 Å². The summed E-state index contributed by atoms with van der Waals surface area (Å²) in [5.41, 5.74) is 10.1. The van der Waals surface area contributed by atoms with Crippen molar-refractivity contribution in [2.24, 2.45) is 4.99 Å². The van der Waals surface area contributed by atoms with Gasteiger partial charge in [0.2, 0.25) is 0 Å². The van der Waals surface area contributed by atoms with Gasteiger partial charge in [0, 0.05) is 27.5 Å². The number of furan rings is 1. The van der Waals surface area contributed by atoms with Crippen molar-refractivity contribution in [2.45, 2.75) is 12.3 Å². The Morgan fingerprint density at radius 1 is 0.472 bits per heavy atom. The standard InChI is InChI=1S/C49H31N3O/c1-2-12-29-25-32(24-23-28(29)11-1)47-50-48(52-49(51-47)41-26-30-13-3-4-15-33(30)34-16-5-6-17-35(34)41)40-22-10-21-39-44-42(53-46(39)40)27-31-14-9-20-37-36-18-7-8-19-38(36)45(44)43(31)37/h1-27,47-48,50H,(H,51,52). The summed E-state index contributed by atoms with van der Waals surface area (Å²) < 4.78 is 6.97. The lowest BCUT2D eigenvalue weighted by Crippen LogP contribution is -2.45. The zero-order valence-corrected chi connectivity index (χ0v) is 28.6. The third-order valence-corrected chi connectivity index (χ3v) is 11.4. The Morgan fingerprint density at radius 2 is 1.17 bits per heavy atom. The average molecular weight is 678 g/mol. The summed E-state index contributed by atoms with van der Waals surface area (Å²) in [7, 11) is 0. The van der Waals surface area contributed by atoms with Gasteiger partial charge in [0.05, 0.1) is 0 Å². The molecule has 2 N–H and O–H groups in total. The molecule has 53 heavy (non-hydrogen) atoms. The van der Waals surface area contributed by atoms with Crippen molar-refractivity contribution in [1.82, 2.24) is 10.6 Å². The van der Waals surface area contributed by atoms with Gasteiger partial charge >= 0.3 is 0 Å². The summed E-state index contributed by atoms with van der Waals surface area (Å²) in [6.07, 6.45) is -0.598. The maximum atomic E-state index is 6.97. The maximum Gasteiger partial charge on any atom is 0.142 e. The number of hydrogen-bond acceptors (Lipinski definition) is 4. The van der Waals surface area contributed by atoms with E-state index in [0.29, 0.717) is 0 Å². The second kappa shape index (κ2) is 10.9. The zero-order valence-electron chi connectivity index (χ0n) is 28.6. The number of rotatable bonds is 3. The summed E-state index contributed by atoms with van der Waals surface area (Å²) in [4.78, 5) is 5.44. The monoisotopic (exact) mass is 677 g/mol. The van der Waals surface area contributed by atoms with Gasteiger partial charge in [-0.3, -0.25) is 5.32 Å². The number of nitrogens with one attached hydrogen (secondary N) is 2. The van der Waals surface area contributed by atoms with E-state index in [-0.39, 0.29) is 12.3 Å². The number of aliphatic imine (C=N–C) groups is 1. The molecule has 9 aromatic carbocycles. The first kappa shape index (κ1) is 28.9. The minimum absolute atomic E-state index is 0.292. The Balaban J connectivity index is 1.08. The molecule has 0 amide bonds. The van der Waals surface area contributed by atoms with Crippen molar-refractivity contribution < 1.29 is 4.42 Å². The Kier molecular flexibility index (Phi) is 5.93. The van der Waals surface area contributed by atoms with E-state index >= 15 is 0 Å². The van der Waals surface area contributed by atoms with Crippen LogP contribution in [-0.2, 0) is 0 Å². The van der Waals surface area contributed by atoms with Crippen molar-refractivity contribution in [3.8, 4) is 22.3 Å². The maximum absolute atomic E-state index is 6.97. The highest BCUT2D eigenvalue weighted by Crippen LogP contribution is 2.52. The largest absolute Gasteiger partial charge is 0.456 e. The summed E-state index contributed by atoms with van der Waals surface area (Å²) in [5.74, 6) is 0.852. The van der Waals surface area contributed by atoms with E-state index in [9.17, 15) is 0 Å². The van der Waals surface area contributed by atoms with Crippen molar-refractivity contribution >= 4 is 70.9 Å². The van der Waals surface area contributed by atoms with E-state index in [1.54, 1.807) is 0 Å². The number of fused-ring (bicyclic) bond motifs is 11. The van der Waals surface area contributed by atoms with Gasteiger partial charge < -0.3 is 9.73 Å². The van der Waals surface area contributed by atoms with Crippen molar-refractivity contribution in [3.05, 3.63) is 180 Å². The Bertz CT molecular complexity index is 3210. The molecule has 1 aromatic heterocycles. The molecule has 4 heteroatoms. The molecule has 0 fully saturated rings. The first-order valence-corrected chi connectivity index (χ1v) is 18.3. The van der Waals surface area contributed by atoms with Crippen molar-refractivity contribution in [1.29, 1.82) is 0 Å². The van der Waals surface area contributed by atoms with Gasteiger partial charge in [-0.2, -0.15) is 0 Å². The smallest absolute Gasteiger partial charge is 0.142 e. The van der Waals surface area contributed by atoms with Crippen LogP contribution >= 0.6 is 0 Å². The highest BCUT2D eigenvalue weighted by atomic mass is 16.3. The number of nitrogens with zero attached hydrogens (tertiary/aromatic N) is 1. The molecule has 2 atom stereocenters. The molecule has 2 aliphatic rings. The third kappa shape index (κ3) is 4.18. The molecular formula is C49H31N3O. The fraction of sp³-hybridized carbons (Fsp3) is 0.0408. The predicted octanol–water partition coefficient (Wildman–Crippen LogP) is 12.2. The average Bonchev–Trinajstić information content (AvgIpc) is 3.76. The van der Waals surface area contributed by atoms with E-state index in [1.165, 1.54) is 70.7 Å². The number of hydrogen-bond donors (Lipinski definition) is 2. The fourth-order valence-electron chi connectivity index (χ4n) is 9.07. The van der Waals surface area contributed by atoms with E-state index in [2.05, 4.69) is 174 Å². The van der Waals surface area contributed by atoms with Gasteiger partial charge in [-0.05, 0) is 83.5 Å². The SMILES string of the molecule is c1ccc2c(c1)-c1cccc3cc4oc5c(C6NC(c7cc8ccccc8c8ccccc78)=NC(c7ccc8ccccc8c7)N6)cccc5c4c-2c13. The van der Waals surface area contributed by atoms with Crippen LogP contribution in [0.25, 0.3) is 87.3 Å².